The van der Waals surface area contributed by atoms with Crippen LogP contribution in [0.1, 0.15) is 46.0 Å². The Morgan fingerprint density at radius 2 is 2.05 bits per heavy atom. The van der Waals surface area contributed by atoms with Crippen molar-refractivity contribution in [1.29, 1.82) is 0 Å². The summed E-state index contributed by atoms with van der Waals surface area (Å²) < 4.78 is 5.79. The second-order valence-electron chi connectivity index (χ2n) is 6.59. The van der Waals surface area contributed by atoms with Crippen molar-refractivity contribution in [2.24, 2.45) is 0 Å². The Kier molecular flexibility index (Phi) is 3.48. The monoisotopic (exact) mass is 280 g/mol. The number of carbonyl (C=O) groups excluding carboxylic acids is 2. The van der Waals surface area contributed by atoms with Gasteiger partial charge in [0.05, 0.1) is 12.1 Å². The molecular weight excluding hydrogens is 256 g/mol. The van der Waals surface area contributed by atoms with Gasteiger partial charge in [0, 0.05) is 13.2 Å². The van der Waals surface area contributed by atoms with Gasteiger partial charge in [0.15, 0.2) is 0 Å². The van der Waals surface area contributed by atoms with Crippen molar-refractivity contribution in [2.75, 3.05) is 19.7 Å². The van der Waals surface area contributed by atoms with E-state index >= 15 is 0 Å². The molecule has 0 radical (unpaired) electrons. The first-order chi connectivity index (χ1) is 9.52. The summed E-state index contributed by atoms with van der Waals surface area (Å²) in [5.41, 5.74) is -0.277. The van der Waals surface area contributed by atoms with E-state index in [2.05, 4.69) is 6.92 Å². The van der Waals surface area contributed by atoms with E-state index in [0.29, 0.717) is 6.54 Å². The van der Waals surface area contributed by atoms with Gasteiger partial charge in [0.25, 0.3) is 0 Å². The van der Waals surface area contributed by atoms with Crippen LogP contribution in [-0.2, 0) is 14.3 Å². The van der Waals surface area contributed by atoms with Gasteiger partial charge in [0.1, 0.15) is 12.1 Å². The molecule has 0 spiro atoms. The summed E-state index contributed by atoms with van der Waals surface area (Å²) in [6.07, 6.45) is 4.87. The average molecular weight is 280 g/mol. The molecule has 3 aliphatic rings. The fourth-order valence-electron chi connectivity index (χ4n) is 3.74. The lowest BCUT2D eigenvalue weighted by molar-refractivity contribution is -0.166. The van der Waals surface area contributed by atoms with Gasteiger partial charge >= 0.3 is 0 Å². The Morgan fingerprint density at radius 3 is 2.75 bits per heavy atom. The minimum Gasteiger partial charge on any atom is -0.373 e. The molecule has 3 rings (SSSR count). The van der Waals surface area contributed by atoms with Crippen LogP contribution >= 0.6 is 0 Å². The van der Waals surface area contributed by atoms with Gasteiger partial charge < -0.3 is 14.5 Å². The van der Waals surface area contributed by atoms with Crippen molar-refractivity contribution in [3.63, 3.8) is 0 Å². The highest BCUT2D eigenvalue weighted by molar-refractivity contribution is 5.97. The lowest BCUT2D eigenvalue weighted by atomic mass is 9.93. The molecule has 0 saturated carbocycles. The first-order valence-corrected chi connectivity index (χ1v) is 7.77. The minimum absolute atomic E-state index is 0.107. The molecular formula is C15H24N2O3. The van der Waals surface area contributed by atoms with E-state index in [1.54, 1.807) is 9.80 Å². The molecule has 3 atom stereocenters. The number of ether oxygens (including phenoxy) is 1. The molecule has 3 saturated heterocycles. The molecule has 3 fully saturated rings. The maximum absolute atomic E-state index is 12.7. The predicted octanol–water partition coefficient (Wildman–Crippen LogP) is 1.17. The van der Waals surface area contributed by atoms with Crippen LogP contribution in [0.2, 0.25) is 0 Å². The minimum atomic E-state index is -0.349. The molecule has 5 heteroatoms. The zero-order valence-corrected chi connectivity index (χ0v) is 12.4. The summed E-state index contributed by atoms with van der Waals surface area (Å²) in [5.74, 6) is 0.226. The van der Waals surface area contributed by atoms with E-state index in [4.69, 9.17) is 4.74 Å². The van der Waals surface area contributed by atoms with Gasteiger partial charge in [-0.15, -0.1) is 0 Å². The number of nitrogens with zero attached hydrogens (tertiary/aromatic N) is 2. The van der Waals surface area contributed by atoms with Crippen molar-refractivity contribution >= 4 is 11.8 Å². The predicted molar refractivity (Wildman–Crippen MR) is 74.1 cm³/mol. The molecule has 5 nitrogen and oxygen atoms in total. The number of piperazine rings is 1. The maximum Gasteiger partial charge on any atom is 0.246 e. The van der Waals surface area contributed by atoms with E-state index in [0.717, 1.165) is 45.3 Å². The molecule has 112 valence electrons. The largest absolute Gasteiger partial charge is 0.373 e. The topological polar surface area (TPSA) is 49.9 Å². The number of hydrogen-bond acceptors (Lipinski definition) is 3. The lowest BCUT2D eigenvalue weighted by Gasteiger charge is -2.47. The molecule has 3 aliphatic heterocycles. The molecule has 0 N–H and O–H groups in total. The van der Waals surface area contributed by atoms with Crippen molar-refractivity contribution in [1.82, 2.24) is 9.80 Å². The van der Waals surface area contributed by atoms with Crippen molar-refractivity contribution in [2.45, 2.75) is 63.6 Å². The Balaban J connectivity index is 1.79. The average Bonchev–Trinajstić information content (AvgIpc) is 2.88. The first-order valence-electron chi connectivity index (χ1n) is 7.77. The number of hydrogen-bond donors (Lipinski definition) is 0. The van der Waals surface area contributed by atoms with Crippen molar-refractivity contribution < 1.29 is 14.3 Å². The van der Waals surface area contributed by atoms with Crippen LogP contribution in [0.4, 0.5) is 0 Å². The number of amides is 2. The molecule has 0 aromatic rings. The quantitative estimate of drug-likeness (QED) is 0.763. The highest BCUT2D eigenvalue weighted by Crippen LogP contribution is 2.31. The van der Waals surface area contributed by atoms with Crippen LogP contribution < -0.4 is 0 Å². The van der Waals surface area contributed by atoms with Crippen LogP contribution in [0, 0.1) is 0 Å². The van der Waals surface area contributed by atoms with Gasteiger partial charge in [0.2, 0.25) is 11.8 Å². The smallest absolute Gasteiger partial charge is 0.246 e. The first kappa shape index (κ1) is 13.9. The fourth-order valence-corrected chi connectivity index (χ4v) is 3.74. The van der Waals surface area contributed by atoms with Crippen LogP contribution in [0.25, 0.3) is 0 Å². The van der Waals surface area contributed by atoms with Gasteiger partial charge in [-0.2, -0.15) is 0 Å². The van der Waals surface area contributed by atoms with Crippen molar-refractivity contribution in [3.05, 3.63) is 0 Å². The Morgan fingerprint density at radius 1 is 1.25 bits per heavy atom. The molecule has 3 heterocycles. The zero-order chi connectivity index (χ0) is 14.3. The molecule has 20 heavy (non-hydrogen) atoms. The summed E-state index contributed by atoms with van der Waals surface area (Å²) in [4.78, 5) is 28.8. The van der Waals surface area contributed by atoms with Crippen LogP contribution in [0.3, 0.4) is 0 Å². The molecule has 0 aliphatic carbocycles. The zero-order valence-electron chi connectivity index (χ0n) is 12.4. The second kappa shape index (κ2) is 5.02. The van der Waals surface area contributed by atoms with E-state index in [9.17, 15) is 9.59 Å². The standard InChI is InChI=1S/C15H24N2O3/c1-11-13(18)16-8-4-3-6-12(16)14(19)17(11)10-15(2)7-5-9-20-15/h11-12H,3-10H2,1-2H3. The van der Waals surface area contributed by atoms with E-state index in [1.807, 2.05) is 6.92 Å². The van der Waals surface area contributed by atoms with Gasteiger partial charge in [-0.1, -0.05) is 0 Å². The van der Waals surface area contributed by atoms with E-state index in [-0.39, 0.29) is 29.5 Å². The Bertz CT molecular complexity index is 417. The van der Waals surface area contributed by atoms with E-state index < -0.39 is 0 Å². The lowest BCUT2D eigenvalue weighted by Crippen LogP contribution is -2.66. The second-order valence-corrected chi connectivity index (χ2v) is 6.59. The molecule has 0 aromatic carbocycles. The third-order valence-electron chi connectivity index (χ3n) is 4.98. The maximum atomic E-state index is 12.7. The highest BCUT2D eigenvalue weighted by Gasteiger charge is 2.47. The SMILES string of the molecule is CC1C(=O)N2CCCCC2C(=O)N1CC1(C)CCCO1. The number of piperidine rings is 1. The normalized spacial score (nSPS) is 38.3. The summed E-state index contributed by atoms with van der Waals surface area (Å²) in [5, 5.41) is 0. The van der Waals surface area contributed by atoms with Gasteiger partial charge in [-0.3, -0.25) is 9.59 Å². The third kappa shape index (κ3) is 2.22. The van der Waals surface area contributed by atoms with Gasteiger partial charge in [-0.25, -0.2) is 0 Å². The third-order valence-corrected chi connectivity index (χ3v) is 4.98. The molecule has 2 amide bonds. The summed E-state index contributed by atoms with van der Waals surface area (Å²) in [7, 11) is 0. The molecule has 3 unspecified atom stereocenters. The van der Waals surface area contributed by atoms with E-state index in [1.165, 1.54) is 0 Å². The molecule has 0 aromatic heterocycles. The fraction of sp³-hybridized carbons (Fsp3) is 0.867. The molecule has 0 bridgehead atoms. The van der Waals surface area contributed by atoms with Crippen LogP contribution in [0.15, 0.2) is 0 Å². The van der Waals surface area contributed by atoms with Crippen LogP contribution in [-0.4, -0.2) is 59.0 Å². The van der Waals surface area contributed by atoms with Gasteiger partial charge in [-0.05, 0) is 46.0 Å². The Hall–Kier alpha value is -1.10. The summed E-state index contributed by atoms with van der Waals surface area (Å²) in [6, 6.07) is -0.574. The number of fused-ring (bicyclic) bond motifs is 1. The summed E-state index contributed by atoms with van der Waals surface area (Å²) >= 11 is 0. The highest BCUT2D eigenvalue weighted by atomic mass is 16.5. The number of rotatable bonds is 2. The van der Waals surface area contributed by atoms with Crippen molar-refractivity contribution in [3.8, 4) is 0 Å². The summed E-state index contributed by atoms with van der Waals surface area (Å²) in [6.45, 7) is 5.95. The van der Waals surface area contributed by atoms with Crippen LogP contribution in [0.5, 0.6) is 0 Å². The number of carbonyl (C=O) groups is 2. The Labute approximate surface area is 120 Å².